The minimum Gasteiger partial charge on any atom is -0.393 e. The standard InChI is InChI=1S/C13H24O3/c1-15-13(7-3-8-13)10-11(14)5-6-12-4-2-9-16-12/h11-12,14H,2-10H2,1H3. The number of methoxy groups -OCH3 is 1. The van der Waals surface area contributed by atoms with Crippen molar-refractivity contribution in [3.63, 3.8) is 0 Å². The highest BCUT2D eigenvalue weighted by Crippen LogP contribution is 2.39. The molecular formula is C13H24O3. The fourth-order valence-electron chi connectivity index (χ4n) is 2.84. The summed E-state index contributed by atoms with van der Waals surface area (Å²) in [4.78, 5) is 0. The van der Waals surface area contributed by atoms with Crippen LogP contribution in [0.1, 0.15) is 51.4 Å². The molecule has 0 amide bonds. The fourth-order valence-corrected chi connectivity index (χ4v) is 2.84. The molecule has 0 bridgehead atoms. The van der Waals surface area contributed by atoms with Crippen molar-refractivity contribution in [3.05, 3.63) is 0 Å². The van der Waals surface area contributed by atoms with E-state index in [-0.39, 0.29) is 11.7 Å². The molecular weight excluding hydrogens is 204 g/mol. The number of aliphatic hydroxyl groups excluding tert-OH is 1. The normalized spacial score (nSPS) is 30.0. The topological polar surface area (TPSA) is 38.7 Å². The minimum absolute atomic E-state index is 0.00402. The Hall–Kier alpha value is -0.120. The summed E-state index contributed by atoms with van der Waals surface area (Å²) in [6, 6.07) is 0. The van der Waals surface area contributed by atoms with E-state index in [9.17, 15) is 5.11 Å². The molecule has 2 aliphatic rings. The summed E-state index contributed by atoms with van der Waals surface area (Å²) in [5.74, 6) is 0. The summed E-state index contributed by atoms with van der Waals surface area (Å²) in [6.45, 7) is 0.906. The maximum atomic E-state index is 10.0. The van der Waals surface area contributed by atoms with E-state index in [4.69, 9.17) is 9.47 Å². The molecule has 1 saturated heterocycles. The van der Waals surface area contributed by atoms with Crippen LogP contribution in [0.2, 0.25) is 0 Å². The molecule has 1 saturated carbocycles. The largest absolute Gasteiger partial charge is 0.393 e. The highest BCUT2D eigenvalue weighted by Gasteiger charge is 2.38. The lowest BCUT2D eigenvalue weighted by atomic mass is 9.75. The summed E-state index contributed by atoms with van der Waals surface area (Å²) in [7, 11) is 1.77. The fraction of sp³-hybridized carbons (Fsp3) is 1.00. The van der Waals surface area contributed by atoms with Gasteiger partial charge in [-0.1, -0.05) is 0 Å². The van der Waals surface area contributed by atoms with E-state index in [0.717, 1.165) is 38.7 Å². The first-order chi connectivity index (χ1) is 7.74. The first-order valence-electron chi connectivity index (χ1n) is 6.59. The van der Waals surface area contributed by atoms with Crippen molar-refractivity contribution in [1.82, 2.24) is 0 Å². The minimum atomic E-state index is -0.218. The summed E-state index contributed by atoms with van der Waals surface area (Å²) >= 11 is 0. The van der Waals surface area contributed by atoms with Gasteiger partial charge in [-0.3, -0.25) is 0 Å². The predicted molar refractivity (Wildman–Crippen MR) is 62.4 cm³/mol. The zero-order valence-electron chi connectivity index (χ0n) is 10.3. The maximum absolute atomic E-state index is 10.0. The lowest BCUT2D eigenvalue weighted by Gasteiger charge is -2.42. The van der Waals surface area contributed by atoms with E-state index in [2.05, 4.69) is 0 Å². The predicted octanol–water partition coefficient (Wildman–Crippen LogP) is 2.27. The van der Waals surface area contributed by atoms with Gasteiger partial charge in [0, 0.05) is 20.1 Å². The molecule has 1 aliphatic heterocycles. The van der Waals surface area contributed by atoms with Gasteiger partial charge < -0.3 is 14.6 Å². The third-order valence-corrected chi connectivity index (χ3v) is 4.15. The van der Waals surface area contributed by atoms with Crippen LogP contribution < -0.4 is 0 Å². The number of ether oxygens (including phenoxy) is 2. The van der Waals surface area contributed by atoms with Gasteiger partial charge in [-0.2, -0.15) is 0 Å². The van der Waals surface area contributed by atoms with Crippen molar-refractivity contribution in [2.75, 3.05) is 13.7 Å². The van der Waals surface area contributed by atoms with Crippen molar-refractivity contribution in [3.8, 4) is 0 Å². The number of aliphatic hydroxyl groups is 1. The first-order valence-corrected chi connectivity index (χ1v) is 6.59. The zero-order valence-corrected chi connectivity index (χ0v) is 10.3. The average molecular weight is 228 g/mol. The SMILES string of the molecule is COC1(CC(O)CCC2CCCO2)CCC1. The second-order valence-corrected chi connectivity index (χ2v) is 5.31. The monoisotopic (exact) mass is 228 g/mol. The van der Waals surface area contributed by atoms with Crippen LogP contribution in [0.5, 0.6) is 0 Å². The maximum Gasteiger partial charge on any atom is 0.0703 e. The van der Waals surface area contributed by atoms with Crippen molar-refractivity contribution in [2.45, 2.75) is 69.2 Å². The van der Waals surface area contributed by atoms with Crippen molar-refractivity contribution in [2.24, 2.45) is 0 Å². The molecule has 16 heavy (non-hydrogen) atoms. The zero-order chi connectivity index (χ0) is 11.4. The number of hydrogen-bond donors (Lipinski definition) is 1. The van der Waals surface area contributed by atoms with Crippen LogP contribution in [0, 0.1) is 0 Å². The lowest BCUT2D eigenvalue weighted by Crippen LogP contribution is -2.42. The molecule has 0 aromatic carbocycles. The summed E-state index contributed by atoms with van der Waals surface area (Å²) in [5, 5.41) is 10.0. The van der Waals surface area contributed by atoms with Gasteiger partial charge in [-0.25, -0.2) is 0 Å². The second kappa shape index (κ2) is 5.48. The molecule has 1 N–H and O–H groups in total. The van der Waals surface area contributed by atoms with Crippen LogP contribution in [0.3, 0.4) is 0 Å². The third kappa shape index (κ3) is 2.96. The quantitative estimate of drug-likeness (QED) is 0.758. The van der Waals surface area contributed by atoms with Gasteiger partial charge in [0.15, 0.2) is 0 Å². The van der Waals surface area contributed by atoms with Gasteiger partial charge in [0.05, 0.1) is 17.8 Å². The Morgan fingerprint density at radius 1 is 1.44 bits per heavy atom. The molecule has 0 aromatic rings. The Bertz CT molecular complexity index is 202. The molecule has 3 nitrogen and oxygen atoms in total. The van der Waals surface area contributed by atoms with E-state index in [1.807, 2.05) is 0 Å². The number of rotatable bonds is 6. The molecule has 1 heterocycles. The van der Waals surface area contributed by atoms with Crippen molar-refractivity contribution in [1.29, 1.82) is 0 Å². The average Bonchev–Trinajstić information content (AvgIpc) is 2.73. The van der Waals surface area contributed by atoms with E-state index >= 15 is 0 Å². The lowest BCUT2D eigenvalue weighted by molar-refractivity contribution is -0.101. The molecule has 2 atom stereocenters. The highest BCUT2D eigenvalue weighted by molar-refractivity contribution is 4.91. The van der Waals surface area contributed by atoms with Crippen LogP contribution in [0.4, 0.5) is 0 Å². The molecule has 94 valence electrons. The molecule has 1 aliphatic carbocycles. The Balaban J connectivity index is 1.65. The van der Waals surface area contributed by atoms with Gasteiger partial charge >= 0.3 is 0 Å². The van der Waals surface area contributed by atoms with Crippen LogP contribution >= 0.6 is 0 Å². The molecule has 2 rings (SSSR count). The van der Waals surface area contributed by atoms with Crippen LogP contribution in [-0.4, -0.2) is 36.6 Å². The van der Waals surface area contributed by atoms with Crippen molar-refractivity contribution >= 4 is 0 Å². The Labute approximate surface area is 98.1 Å². The van der Waals surface area contributed by atoms with E-state index in [1.54, 1.807) is 7.11 Å². The Morgan fingerprint density at radius 3 is 2.75 bits per heavy atom. The molecule has 0 spiro atoms. The van der Waals surface area contributed by atoms with Gasteiger partial charge in [-0.15, -0.1) is 0 Å². The van der Waals surface area contributed by atoms with E-state index < -0.39 is 0 Å². The molecule has 2 unspecified atom stereocenters. The van der Waals surface area contributed by atoms with Gasteiger partial charge in [0.25, 0.3) is 0 Å². The van der Waals surface area contributed by atoms with E-state index in [1.165, 1.54) is 19.3 Å². The third-order valence-electron chi connectivity index (χ3n) is 4.15. The van der Waals surface area contributed by atoms with Gasteiger partial charge in [0.1, 0.15) is 0 Å². The Morgan fingerprint density at radius 2 is 2.25 bits per heavy atom. The molecule has 0 aromatic heterocycles. The van der Waals surface area contributed by atoms with Crippen LogP contribution in [0.15, 0.2) is 0 Å². The van der Waals surface area contributed by atoms with Gasteiger partial charge in [0.2, 0.25) is 0 Å². The first kappa shape index (κ1) is 12.3. The van der Waals surface area contributed by atoms with E-state index in [0.29, 0.717) is 6.10 Å². The second-order valence-electron chi connectivity index (χ2n) is 5.31. The molecule has 0 radical (unpaired) electrons. The highest BCUT2D eigenvalue weighted by atomic mass is 16.5. The summed E-state index contributed by atoms with van der Waals surface area (Å²) in [6.07, 6.45) is 8.66. The molecule has 2 fully saturated rings. The summed E-state index contributed by atoms with van der Waals surface area (Å²) in [5.41, 5.74) is -0.00402. The smallest absolute Gasteiger partial charge is 0.0703 e. The van der Waals surface area contributed by atoms with Crippen molar-refractivity contribution < 1.29 is 14.6 Å². The van der Waals surface area contributed by atoms with Crippen LogP contribution in [0.25, 0.3) is 0 Å². The Kier molecular flexibility index (Phi) is 4.22. The number of hydrogen-bond acceptors (Lipinski definition) is 3. The van der Waals surface area contributed by atoms with Crippen LogP contribution in [-0.2, 0) is 9.47 Å². The molecule has 3 heteroatoms. The summed E-state index contributed by atoms with van der Waals surface area (Å²) < 4.78 is 11.1. The van der Waals surface area contributed by atoms with Gasteiger partial charge in [-0.05, 0) is 44.9 Å².